The first kappa shape index (κ1) is 16.7. The topological polar surface area (TPSA) is 103 Å². The number of hydrogen-bond acceptors (Lipinski definition) is 4. The van der Waals surface area contributed by atoms with Gasteiger partial charge in [-0.25, -0.2) is 0 Å². The smallest absolute Gasteiger partial charge is 0.271 e. The summed E-state index contributed by atoms with van der Waals surface area (Å²) in [5.41, 5.74) is 0.563. The van der Waals surface area contributed by atoms with Crippen LogP contribution in [0.5, 0.6) is 5.75 Å². The average molecular weight is 355 g/mol. The van der Waals surface area contributed by atoms with Crippen molar-refractivity contribution in [3.05, 3.63) is 53.3 Å². The molecule has 0 aliphatic heterocycles. The van der Waals surface area contributed by atoms with Gasteiger partial charge in [0.2, 0.25) is 0 Å². The molecule has 4 N–H and O–H groups in total. The van der Waals surface area contributed by atoms with Gasteiger partial charge in [-0.2, -0.15) is 0 Å². The SMILES string of the molecule is CNC(=O)c1[nH]c(C(=O)NC23CC(O)(C2)C3)cc1OCc1ccccc1. The molecule has 1 aromatic carbocycles. The van der Waals surface area contributed by atoms with Gasteiger partial charge in [0.05, 0.1) is 5.60 Å². The Bertz CT molecular complexity index is 839. The van der Waals surface area contributed by atoms with Crippen LogP contribution >= 0.6 is 0 Å². The van der Waals surface area contributed by atoms with Gasteiger partial charge in [-0.1, -0.05) is 30.3 Å². The highest BCUT2D eigenvalue weighted by Gasteiger charge is 2.68. The van der Waals surface area contributed by atoms with Crippen LogP contribution in [0.15, 0.2) is 36.4 Å². The maximum absolute atomic E-state index is 12.5. The number of aromatic amines is 1. The summed E-state index contributed by atoms with van der Waals surface area (Å²) in [5.74, 6) is -0.326. The second-order valence-corrected chi connectivity index (χ2v) is 7.26. The summed E-state index contributed by atoms with van der Waals surface area (Å²) in [4.78, 5) is 27.5. The number of carbonyl (C=O) groups excluding carboxylic acids is 2. The largest absolute Gasteiger partial charge is 0.486 e. The minimum absolute atomic E-state index is 0.213. The van der Waals surface area contributed by atoms with E-state index in [0.717, 1.165) is 5.56 Å². The van der Waals surface area contributed by atoms with Crippen LogP contribution in [0.2, 0.25) is 0 Å². The van der Waals surface area contributed by atoms with Crippen LogP contribution < -0.4 is 15.4 Å². The lowest BCUT2D eigenvalue weighted by Crippen LogP contribution is -2.78. The lowest BCUT2D eigenvalue weighted by Gasteiger charge is -2.67. The quantitative estimate of drug-likeness (QED) is 0.628. The molecule has 3 aliphatic rings. The summed E-state index contributed by atoms with van der Waals surface area (Å²) in [7, 11) is 1.52. The third-order valence-corrected chi connectivity index (χ3v) is 5.10. The van der Waals surface area contributed by atoms with Crippen LogP contribution in [0, 0.1) is 0 Å². The monoisotopic (exact) mass is 355 g/mol. The number of aromatic nitrogens is 1. The Morgan fingerprint density at radius 3 is 2.50 bits per heavy atom. The molecule has 3 aliphatic carbocycles. The van der Waals surface area contributed by atoms with Gasteiger partial charge in [0.1, 0.15) is 18.0 Å². The molecule has 0 unspecified atom stereocenters. The molecule has 7 heteroatoms. The zero-order chi connectivity index (χ0) is 18.4. The number of nitrogens with one attached hydrogen (secondary N) is 3. The first-order valence-corrected chi connectivity index (χ1v) is 8.59. The number of carbonyl (C=O) groups is 2. The fraction of sp³-hybridized carbons (Fsp3) is 0.368. The Balaban J connectivity index is 1.49. The van der Waals surface area contributed by atoms with E-state index in [1.807, 2.05) is 30.3 Å². The van der Waals surface area contributed by atoms with Gasteiger partial charge in [0, 0.05) is 18.7 Å². The van der Waals surface area contributed by atoms with Gasteiger partial charge in [-0.15, -0.1) is 0 Å². The van der Waals surface area contributed by atoms with Gasteiger partial charge in [0.15, 0.2) is 5.75 Å². The van der Waals surface area contributed by atoms with E-state index in [9.17, 15) is 14.7 Å². The number of rotatable bonds is 6. The molecule has 0 saturated heterocycles. The van der Waals surface area contributed by atoms with Crippen molar-refractivity contribution in [2.24, 2.45) is 0 Å². The van der Waals surface area contributed by atoms with E-state index in [2.05, 4.69) is 15.6 Å². The first-order chi connectivity index (χ1) is 12.4. The lowest BCUT2D eigenvalue weighted by atomic mass is 9.46. The minimum atomic E-state index is -0.583. The van der Waals surface area contributed by atoms with Crippen LogP contribution in [-0.2, 0) is 6.61 Å². The van der Waals surface area contributed by atoms with E-state index in [4.69, 9.17) is 4.74 Å². The van der Waals surface area contributed by atoms with E-state index in [-0.39, 0.29) is 28.7 Å². The van der Waals surface area contributed by atoms with E-state index in [1.165, 1.54) is 7.05 Å². The van der Waals surface area contributed by atoms with Crippen LogP contribution in [0.25, 0.3) is 0 Å². The van der Waals surface area contributed by atoms with Gasteiger partial charge < -0.3 is 25.5 Å². The summed E-state index contributed by atoms with van der Waals surface area (Å²) in [6.07, 6.45) is 1.77. The van der Waals surface area contributed by atoms with Crippen molar-refractivity contribution in [3.63, 3.8) is 0 Å². The van der Waals surface area contributed by atoms with Gasteiger partial charge in [-0.05, 0) is 24.8 Å². The molecule has 3 fully saturated rings. The third kappa shape index (κ3) is 2.84. The molecular formula is C19H21N3O4. The summed E-state index contributed by atoms with van der Waals surface area (Å²) < 4.78 is 5.76. The van der Waals surface area contributed by atoms with Crippen molar-refractivity contribution in [2.45, 2.75) is 37.0 Å². The average Bonchev–Trinajstić information content (AvgIpc) is 3.02. The van der Waals surface area contributed by atoms with Crippen molar-refractivity contribution < 1.29 is 19.4 Å². The molecule has 1 heterocycles. The molecular weight excluding hydrogens is 334 g/mol. The fourth-order valence-corrected chi connectivity index (χ4v) is 3.88. The molecule has 2 amide bonds. The van der Waals surface area contributed by atoms with Crippen LogP contribution in [0.4, 0.5) is 0 Å². The summed E-state index contributed by atoms with van der Waals surface area (Å²) >= 11 is 0. The van der Waals surface area contributed by atoms with Gasteiger partial charge in [0.25, 0.3) is 11.8 Å². The van der Waals surface area contributed by atoms with E-state index in [1.54, 1.807) is 6.07 Å². The highest BCUT2D eigenvalue weighted by molar-refractivity contribution is 6.00. The minimum Gasteiger partial charge on any atom is -0.486 e. The van der Waals surface area contributed by atoms with Crippen molar-refractivity contribution >= 4 is 11.8 Å². The van der Waals surface area contributed by atoms with Crippen LogP contribution in [-0.4, -0.2) is 40.1 Å². The molecule has 2 bridgehead atoms. The standard InChI is InChI=1S/C19H21N3O4/c1-20-17(24)15-14(26-8-12-5-3-2-4-6-12)7-13(21-15)16(23)22-18-9-19(25,10-18)11-18/h2-7,21,25H,8-11H2,1H3,(H,20,24)(H,22,23). The Morgan fingerprint density at radius 1 is 1.19 bits per heavy atom. The van der Waals surface area contributed by atoms with Crippen molar-refractivity contribution in [1.82, 2.24) is 15.6 Å². The molecule has 5 rings (SSSR count). The normalized spacial score (nSPS) is 25.6. The Kier molecular flexibility index (Phi) is 3.77. The summed E-state index contributed by atoms with van der Waals surface area (Å²) in [6.45, 7) is 0.292. The highest BCUT2D eigenvalue weighted by Crippen LogP contribution is 2.60. The molecule has 0 radical (unpaired) electrons. The number of aliphatic hydroxyl groups is 1. The fourth-order valence-electron chi connectivity index (χ4n) is 3.88. The second-order valence-electron chi connectivity index (χ2n) is 7.26. The van der Waals surface area contributed by atoms with Crippen LogP contribution in [0.1, 0.15) is 45.8 Å². The highest BCUT2D eigenvalue weighted by atomic mass is 16.5. The van der Waals surface area contributed by atoms with Gasteiger partial charge >= 0.3 is 0 Å². The first-order valence-electron chi connectivity index (χ1n) is 8.59. The number of hydrogen-bond donors (Lipinski definition) is 4. The van der Waals surface area contributed by atoms with Crippen LogP contribution in [0.3, 0.4) is 0 Å². The van der Waals surface area contributed by atoms with E-state index >= 15 is 0 Å². The third-order valence-electron chi connectivity index (χ3n) is 5.10. The number of H-pyrrole nitrogens is 1. The molecule has 26 heavy (non-hydrogen) atoms. The molecule has 2 aromatic rings. The Labute approximate surface area is 150 Å². The molecule has 7 nitrogen and oxygen atoms in total. The maximum Gasteiger partial charge on any atom is 0.271 e. The summed E-state index contributed by atoms with van der Waals surface area (Å²) in [6, 6.07) is 11.1. The zero-order valence-corrected chi connectivity index (χ0v) is 14.5. The molecule has 0 spiro atoms. The lowest BCUT2D eigenvalue weighted by molar-refractivity contribution is -0.215. The zero-order valence-electron chi connectivity index (χ0n) is 14.5. The maximum atomic E-state index is 12.5. The van der Waals surface area contributed by atoms with Crippen molar-refractivity contribution in [1.29, 1.82) is 0 Å². The summed E-state index contributed by atoms with van der Waals surface area (Å²) in [5, 5.41) is 15.3. The van der Waals surface area contributed by atoms with Crippen molar-refractivity contribution in [2.75, 3.05) is 7.05 Å². The number of amides is 2. The Morgan fingerprint density at radius 2 is 1.88 bits per heavy atom. The molecule has 1 aromatic heterocycles. The number of benzene rings is 1. The molecule has 3 saturated carbocycles. The Hall–Kier alpha value is -2.80. The molecule has 136 valence electrons. The number of ether oxygens (including phenoxy) is 1. The van der Waals surface area contributed by atoms with E-state index in [0.29, 0.717) is 31.6 Å². The van der Waals surface area contributed by atoms with Gasteiger partial charge in [-0.3, -0.25) is 9.59 Å². The molecule has 0 atom stereocenters. The predicted molar refractivity (Wildman–Crippen MR) is 94.0 cm³/mol. The predicted octanol–water partition coefficient (Wildman–Crippen LogP) is 1.35. The van der Waals surface area contributed by atoms with Crippen molar-refractivity contribution in [3.8, 4) is 5.75 Å². The van der Waals surface area contributed by atoms with E-state index < -0.39 is 5.60 Å². The second kappa shape index (κ2) is 5.88.